The van der Waals surface area contributed by atoms with Crippen LogP contribution in [0, 0.1) is 0 Å². The average Bonchev–Trinajstić information content (AvgIpc) is 3.62. The van der Waals surface area contributed by atoms with Crippen molar-refractivity contribution in [2.24, 2.45) is 0 Å². The lowest BCUT2D eigenvalue weighted by Gasteiger charge is -2.30. The molecule has 0 saturated carbocycles. The van der Waals surface area contributed by atoms with Crippen LogP contribution in [0.3, 0.4) is 0 Å². The van der Waals surface area contributed by atoms with E-state index in [1.54, 1.807) is 0 Å². The predicted octanol–water partition coefficient (Wildman–Crippen LogP) is 5.68. The Morgan fingerprint density at radius 1 is 0.636 bits per heavy atom. The summed E-state index contributed by atoms with van der Waals surface area (Å²) in [6.07, 6.45) is 4.54. The summed E-state index contributed by atoms with van der Waals surface area (Å²) in [7, 11) is 0. The minimum atomic E-state index is 0.442. The quantitative estimate of drug-likeness (QED) is 0.205. The minimum Gasteiger partial charge on any atom is -0.379 e. The number of benzene rings is 2. The Bertz CT molecular complexity index is 1440. The van der Waals surface area contributed by atoms with Gasteiger partial charge in [-0.2, -0.15) is 0 Å². The second-order valence-electron chi connectivity index (χ2n) is 12.4. The molecule has 8 rings (SSSR count). The van der Waals surface area contributed by atoms with Gasteiger partial charge in [0.05, 0.1) is 26.4 Å². The molecule has 10 heteroatoms. The van der Waals surface area contributed by atoms with E-state index in [0.717, 1.165) is 113 Å². The zero-order valence-electron chi connectivity index (χ0n) is 25.4. The smallest absolute Gasteiger partial charge is 0.0594 e. The molecule has 0 unspecified atom stereocenters. The second kappa shape index (κ2) is 14.3. The number of hydrogen-bond donors (Lipinski definition) is 4. The molecule has 0 bridgehead atoms. The molecule has 2 atom stereocenters. The van der Waals surface area contributed by atoms with E-state index < -0.39 is 0 Å². The fourth-order valence-corrected chi connectivity index (χ4v) is 8.07. The number of halogens is 2. The van der Waals surface area contributed by atoms with Crippen LogP contribution in [-0.2, 0) is 22.3 Å². The summed E-state index contributed by atoms with van der Waals surface area (Å²) >= 11 is 7.14. The van der Waals surface area contributed by atoms with Gasteiger partial charge < -0.3 is 30.1 Å². The lowest BCUT2D eigenvalue weighted by molar-refractivity contribution is 0.0359. The molecule has 0 spiro atoms. The molecule has 44 heavy (non-hydrogen) atoms. The van der Waals surface area contributed by atoms with Crippen molar-refractivity contribution in [3.8, 4) is 0 Å². The largest absolute Gasteiger partial charge is 0.379 e. The van der Waals surface area contributed by atoms with E-state index in [0.29, 0.717) is 12.1 Å². The fraction of sp³-hybridized carbons (Fsp3) is 0.529. The fourth-order valence-electron chi connectivity index (χ4n) is 7.34. The maximum Gasteiger partial charge on any atom is 0.0594 e. The van der Waals surface area contributed by atoms with Gasteiger partial charge in [0.25, 0.3) is 0 Å². The Hall–Kier alpha value is -1.76. The summed E-state index contributed by atoms with van der Waals surface area (Å²) in [6, 6.07) is 14.0. The number of fused-ring (bicyclic) bond motifs is 6. The Morgan fingerprint density at radius 3 is 1.50 bits per heavy atom. The van der Waals surface area contributed by atoms with Crippen molar-refractivity contribution < 1.29 is 9.47 Å². The molecular weight excluding hydrogens is 684 g/mol. The molecule has 4 N–H and O–H groups in total. The van der Waals surface area contributed by atoms with Crippen LogP contribution in [0.4, 0.5) is 0 Å². The molecular formula is C34H44Br2N6O2. The van der Waals surface area contributed by atoms with Gasteiger partial charge in [0, 0.05) is 93.5 Å². The van der Waals surface area contributed by atoms with Gasteiger partial charge in [0.1, 0.15) is 0 Å². The average molecular weight is 729 g/mol. The molecule has 0 amide bonds. The third-order valence-corrected chi connectivity index (χ3v) is 10.7. The van der Waals surface area contributed by atoms with E-state index >= 15 is 0 Å². The number of hydrogen-bond acceptors (Lipinski definition) is 6. The summed E-state index contributed by atoms with van der Waals surface area (Å²) in [4.78, 5) is 12.3. The number of rotatable bonds is 6. The highest BCUT2D eigenvalue weighted by atomic mass is 79.9. The van der Waals surface area contributed by atoms with E-state index in [-0.39, 0.29) is 0 Å². The van der Waals surface area contributed by atoms with E-state index in [2.05, 4.69) is 98.7 Å². The van der Waals surface area contributed by atoms with Gasteiger partial charge in [-0.25, -0.2) is 0 Å². The van der Waals surface area contributed by atoms with Crippen LogP contribution in [0.2, 0.25) is 0 Å². The van der Waals surface area contributed by atoms with E-state index in [9.17, 15) is 0 Å². The van der Waals surface area contributed by atoms with Gasteiger partial charge in [-0.3, -0.25) is 9.80 Å². The summed E-state index contributed by atoms with van der Waals surface area (Å²) < 4.78 is 13.1. The normalized spacial score (nSPS) is 22.9. The molecule has 4 aliphatic rings. The van der Waals surface area contributed by atoms with Crippen molar-refractivity contribution in [2.75, 3.05) is 78.8 Å². The first-order valence-corrected chi connectivity index (χ1v) is 17.9. The lowest BCUT2D eigenvalue weighted by Crippen LogP contribution is -2.39. The summed E-state index contributed by atoms with van der Waals surface area (Å²) in [5.74, 6) is 0. The lowest BCUT2D eigenvalue weighted by atomic mass is 9.97. The number of nitrogens with one attached hydrogen (secondary N) is 4. The molecule has 236 valence electrons. The number of aromatic amines is 2. The molecule has 4 aromatic rings. The monoisotopic (exact) mass is 726 g/mol. The van der Waals surface area contributed by atoms with Crippen molar-refractivity contribution >= 4 is 53.7 Å². The summed E-state index contributed by atoms with van der Waals surface area (Å²) in [5.41, 5.74) is 8.31. The molecule has 2 saturated heterocycles. The standard InChI is InChI=1S/2C17H22BrN3O/c2*18-12-1-2-13-14-3-5-19-15(17(14)20-16(13)11-12)4-6-21-7-9-22-10-8-21/h2*1-2,11,15,19-20H,3-10H2/t2*15-/m10/s1. The third kappa shape index (κ3) is 6.98. The second-order valence-corrected chi connectivity index (χ2v) is 14.2. The molecule has 4 aliphatic heterocycles. The number of nitrogens with zero attached hydrogens (tertiary/aromatic N) is 2. The van der Waals surface area contributed by atoms with Crippen LogP contribution in [0.5, 0.6) is 0 Å². The Balaban J connectivity index is 0.000000142. The van der Waals surface area contributed by atoms with Gasteiger partial charge in [0.15, 0.2) is 0 Å². The topological polar surface area (TPSA) is 80.6 Å². The number of H-pyrrole nitrogens is 2. The van der Waals surface area contributed by atoms with Crippen molar-refractivity contribution in [2.45, 2.75) is 37.8 Å². The van der Waals surface area contributed by atoms with Gasteiger partial charge in [0.2, 0.25) is 0 Å². The van der Waals surface area contributed by atoms with Crippen molar-refractivity contribution in [1.82, 2.24) is 30.4 Å². The molecule has 2 aromatic carbocycles. The van der Waals surface area contributed by atoms with Crippen LogP contribution in [0.25, 0.3) is 21.8 Å². The SMILES string of the molecule is Brc1ccc2c3c([nH]c2c1)[C@@H](CCN1CCOCC1)NCC3.Brc1ccc2c3c([nH]c2c1)[C@H](CCN1CCOCC1)NCC3. The predicted molar refractivity (Wildman–Crippen MR) is 185 cm³/mol. The van der Waals surface area contributed by atoms with Crippen molar-refractivity contribution in [1.29, 1.82) is 0 Å². The van der Waals surface area contributed by atoms with E-state index in [1.165, 1.54) is 44.3 Å². The molecule has 2 fully saturated rings. The first-order chi connectivity index (χ1) is 21.6. The van der Waals surface area contributed by atoms with Gasteiger partial charge in [-0.15, -0.1) is 0 Å². The number of aromatic nitrogens is 2. The molecule has 2 aromatic heterocycles. The van der Waals surface area contributed by atoms with Gasteiger partial charge >= 0.3 is 0 Å². The number of morpholine rings is 2. The molecule has 8 nitrogen and oxygen atoms in total. The Labute approximate surface area is 276 Å². The minimum absolute atomic E-state index is 0.442. The first-order valence-electron chi connectivity index (χ1n) is 16.3. The Kier molecular flexibility index (Phi) is 10.1. The van der Waals surface area contributed by atoms with Crippen LogP contribution >= 0.6 is 31.9 Å². The van der Waals surface area contributed by atoms with Gasteiger partial charge in [-0.1, -0.05) is 44.0 Å². The van der Waals surface area contributed by atoms with Crippen LogP contribution in [0.15, 0.2) is 45.3 Å². The zero-order chi connectivity index (χ0) is 29.9. The zero-order valence-corrected chi connectivity index (χ0v) is 28.6. The first kappa shape index (κ1) is 30.9. The highest BCUT2D eigenvalue weighted by Gasteiger charge is 2.26. The molecule has 0 radical (unpaired) electrons. The molecule has 6 heterocycles. The number of ether oxygens (including phenoxy) is 2. The third-order valence-electron chi connectivity index (χ3n) is 9.71. The summed E-state index contributed by atoms with van der Waals surface area (Å²) in [6.45, 7) is 12.2. The van der Waals surface area contributed by atoms with Gasteiger partial charge in [-0.05, 0) is 74.2 Å². The van der Waals surface area contributed by atoms with E-state index in [1.807, 2.05) is 0 Å². The molecule has 0 aliphatic carbocycles. The van der Waals surface area contributed by atoms with Crippen LogP contribution < -0.4 is 10.6 Å². The Morgan fingerprint density at radius 2 is 1.07 bits per heavy atom. The van der Waals surface area contributed by atoms with Crippen LogP contribution in [0.1, 0.15) is 47.4 Å². The summed E-state index contributed by atoms with van der Waals surface area (Å²) in [5, 5.41) is 10.1. The maximum atomic E-state index is 5.43. The highest BCUT2D eigenvalue weighted by Crippen LogP contribution is 2.34. The van der Waals surface area contributed by atoms with Crippen molar-refractivity contribution in [3.63, 3.8) is 0 Å². The van der Waals surface area contributed by atoms with Crippen molar-refractivity contribution in [3.05, 3.63) is 67.9 Å². The van der Waals surface area contributed by atoms with E-state index in [4.69, 9.17) is 9.47 Å². The van der Waals surface area contributed by atoms with Crippen LogP contribution in [-0.4, -0.2) is 98.6 Å². The highest BCUT2D eigenvalue weighted by molar-refractivity contribution is 9.10. The maximum absolute atomic E-state index is 5.43.